The first kappa shape index (κ1) is 35.3. The molecule has 5 atom stereocenters. The van der Waals surface area contributed by atoms with E-state index in [9.17, 15) is 13.8 Å². The zero-order valence-electron chi connectivity index (χ0n) is 28.9. The third-order valence-electron chi connectivity index (χ3n) is 11.3. The van der Waals surface area contributed by atoms with Gasteiger partial charge in [0.25, 0.3) is 5.91 Å². The van der Waals surface area contributed by atoms with Gasteiger partial charge in [0.1, 0.15) is 5.75 Å². The molecule has 1 unspecified atom stereocenters. The lowest BCUT2D eigenvalue weighted by Gasteiger charge is -2.46. The van der Waals surface area contributed by atoms with Crippen molar-refractivity contribution >= 4 is 39.8 Å². The Morgan fingerprint density at radius 2 is 1.88 bits per heavy atom. The number of carbonyl (C=O) groups excluding carboxylic acids is 2. The maximum Gasteiger partial charge on any atom is 0.316 e. The number of nitrogens with one attached hydrogen (secondary N) is 1. The molecule has 2 saturated heterocycles. The molecule has 2 aromatic rings. The number of ether oxygens (including phenoxy) is 3. The van der Waals surface area contributed by atoms with E-state index in [1.54, 1.807) is 18.1 Å². The Morgan fingerprint density at radius 1 is 1.04 bits per heavy atom. The third-order valence-corrected chi connectivity index (χ3v) is 12.9. The molecule has 4 heterocycles. The maximum atomic E-state index is 13.9. The molecule has 3 amide bonds. The van der Waals surface area contributed by atoms with E-state index in [1.165, 1.54) is 11.1 Å². The van der Waals surface area contributed by atoms with Gasteiger partial charge < -0.3 is 37.9 Å². The molecule has 0 spiro atoms. The van der Waals surface area contributed by atoms with Crippen molar-refractivity contribution in [2.45, 2.75) is 63.5 Å². The SMILES string of the molecule is CO[C@H]1/C=C/C[C@H](C)C(NC(=O)N2CC(C3COC3)C2)[S-](=O)=NC(=O)c2ccc3c(c2)N(Cc2ccc(Cl)cc2CCCCO3)C[C@@H]2CC[C@H]21. The number of rotatable bonds is 3. The number of aryl methyl sites for hydroxylation is 1. The lowest BCUT2D eigenvalue weighted by molar-refractivity contribution is -0.0895. The fourth-order valence-electron chi connectivity index (χ4n) is 7.84. The number of benzene rings is 2. The van der Waals surface area contributed by atoms with Gasteiger partial charge in [-0.2, -0.15) is 10.6 Å². The predicted molar refractivity (Wildman–Crippen MR) is 194 cm³/mol. The molecule has 0 aromatic heterocycles. The highest BCUT2D eigenvalue weighted by Gasteiger charge is 2.40. The van der Waals surface area contributed by atoms with E-state index in [0.29, 0.717) is 67.6 Å². The average molecular weight is 724 g/mol. The van der Waals surface area contributed by atoms with Crippen molar-refractivity contribution in [1.29, 1.82) is 0 Å². The first-order valence-corrected chi connectivity index (χ1v) is 19.6. The number of likely N-dealkylation sites (tertiary alicyclic amines) is 1. The number of methoxy groups -OCH3 is 1. The minimum Gasteiger partial charge on any atom is -0.491 e. The van der Waals surface area contributed by atoms with Crippen molar-refractivity contribution in [3.8, 4) is 5.75 Å². The number of fused-ring (bicyclic) bond motifs is 3. The van der Waals surface area contributed by atoms with E-state index in [4.69, 9.17) is 25.8 Å². The highest BCUT2D eigenvalue weighted by molar-refractivity contribution is 7.75. The molecule has 5 aliphatic rings. The van der Waals surface area contributed by atoms with Crippen LogP contribution in [0.4, 0.5) is 10.5 Å². The topological polar surface area (TPSA) is 110 Å². The summed E-state index contributed by atoms with van der Waals surface area (Å²) in [7, 11) is -0.271. The standard InChI is InChI=1S/C38H48ClN4O6S/c1-24-6-5-8-34(47-2)32-13-10-28(32)19-42-18-27-9-12-31(39)16-25(27)7-3-4-15-49-35-14-11-26(17-33(35)42)36(44)41-50(46)37(24)40-38(45)43-20-29(21-43)30-22-48-23-30/h5,8-9,11-12,14,16-17,24,28-30,32,34,37H,3-4,6-7,10,13,15,18-23H2,1-2H3,(H,40,45)/q-1/b8-5+/t24-,28-,32+,34-,37?/m0/s1. The second-order valence-electron chi connectivity index (χ2n) is 14.6. The van der Waals surface area contributed by atoms with Gasteiger partial charge in [0.15, 0.2) is 0 Å². The number of hydrogen-bond donors (Lipinski definition) is 1. The van der Waals surface area contributed by atoms with Crippen molar-refractivity contribution in [2.75, 3.05) is 51.5 Å². The highest BCUT2D eigenvalue weighted by atomic mass is 35.5. The summed E-state index contributed by atoms with van der Waals surface area (Å²) >= 11 is 6.46. The Hall–Kier alpha value is -3.12. The Kier molecular flexibility index (Phi) is 11.0. The molecule has 4 aliphatic heterocycles. The van der Waals surface area contributed by atoms with Gasteiger partial charge in [-0.15, -0.1) is 0 Å². The largest absolute Gasteiger partial charge is 0.491 e. The molecule has 270 valence electrons. The number of nitrogens with zero attached hydrogens (tertiary/aromatic N) is 3. The van der Waals surface area contributed by atoms with Crippen LogP contribution in [0.2, 0.25) is 5.02 Å². The quantitative estimate of drug-likeness (QED) is 0.281. The number of amides is 3. The summed E-state index contributed by atoms with van der Waals surface area (Å²) in [6.45, 7) is 6.65. The van der Waals surface area contributed by atoms with Crippen LogP contribution < -0.4 is 15.0 Å². The van der Waals surface area contributed by atoms with Crippen LogP contribution in [-0.2, 0) is 37.2 Å². The summed E-state index contributed by atoms with van der Waals surface area (Å²) < 4.78 is 35.9. The zero-order valence-corrected chi connectivity index (χ0v) is 30.5. The minimum atomic E-state index is -2.03. The van der Waals surface area contributed by atoms with E-state index >= 15 is 0 Å². The number of carbonyl (C=O) groups is 2. The number of halogens is 1. The minimum absolute atomic E-state index is 0.0794. The monoisotopic (exact) mass is 723 g/mol. The molecule has 10 nitrogen and oxygen atoms in total. The van der Waals surface area contributed by atoms with E-state index in [-0.39, 0.29) is 18.1 Å². The highest BCUT2D eigenvalue weighted by Crippen LogP contribution is 2.42. The Labute approximate surface area is 302 Å². The predicted octanol–water partition coefficient (Wildman–Crippen LogP) is 6.60. The van der Waals surface area contributed by atoms with Crippen LogP contribution in [0.5, 0.6) is 5.75 Å². The van der Waals surface area contributed by atoms with Gasteiger partial charge in [0, 0.05) is 55.7 Å². The Morgan fingerprint density at radius 3 is 2.62 bits per heavy atom. The van der Waals surface area contributed by atoms with E-state index in [0.717, 1.165) is 62.6 Å². The molecule has 2 aromatic carbocycles. The van der Waals surface area contributed by atoms with Gasteiger partial charge in [-0.3, -0.25) is 4.79 Å². The summed E-state index contributed by atoms with van der Waals surface area (Å²) in [6.07, 6.45) is 9.53. The maximum absolute atomic E-state index is 13.9. The van der Waals surface area contributed by atoms with Gasteiger partial charge in [0.2, 0.25) is 0 Å². The molecule has 7 rings (SSSR count). The molecule has 50 heavy (non-hydrogen) atoms. The van der Waals surface area contributed by atoms with Crippen molar-refractivity contribution < 1.29 is 28.0 Å². The van der Waals surface area contributed by atoms with Crippen LogP contribution >= 0.6 is 11.6 Å². The molecule has 1 N–H and O–H groups in total. The van der Waals surface area contributed by atoms with Crippen molar-refractivity contribution in [3.05, 3.63) is 70.3 Å². The molecule has 0 radical (unpaired) electrons. The van der Waals surface area contributed by atoms with E-state index in [1.807, 2.05) is 25.1 Å². The Bertz CT molecular complexity index is 1690. The molecular formula is C38H48ClN4O6S-. The van der Waals surface area contributed by atoms with Gasteiger partial charge in [-0.1, -0.05) is 36.7 Å². The third kappa shape index (κ3) is 7.71. The molecule has 3 fully saturated rings. The fourth-order valence-corrected chi connectivity index (χ4v) is 9.12. The van der Waals surface area contributed by atoms with Crippen molar-refractivity contribution in [3.63, 3.8) is 0 Å². The lowest BCUT2D eigenvalue weighted by Crippen LogP contribution is -2.60. The van der Waals surface area contributed by atoms with Gasteiger partial charge in [-0.25, -0.2) is 4.79 Å². The van der Waals surface area contributed by atoms with Gasteiger partial charge >= 0.3 is 6.03 Å². The number of hydrogen-bond acceptors (Lipinski definition) is 8. The molecule has 2 bridgehead atoms. The number of allylic oxidation sites excluding steroid dienone is 1. The van der Waals surface area contributed by atoms with Gasteiger partial charge in [-0.05, 0) is 103 Å². The van der Waals surface area contributed by atoms with E-state index in [2.05, 4.69) is 38.9 Å². The first-order chi connectivity index (χ1) is 24.3. The smallest absolute Gasteiger partial charge is 0.316 e. The van der Waals surface area contributed by atoms with Crippen LogP contribution in [0.1, 0.15) is 60.5 Å². The normalized spacial score (nSPS) is 29.0. The molecule has 1 aliphatic carbocycles. The number of anilines is 1. The van der Waals surface area contributed by atoms with Crippen LogP contribution in [0.25, 0.3) is 0 Å². The fraction of sp³-hybridized carbons (Fsp3) is 0.579. The molecule has 1 saturated carbocycles. The van der Waals surface area contributed by atoms with Crippen LogP contribution in [0.3, 0.4) is 0 Å². The van der Waals surface area contributed by atoms with Crippen LogP contribution in [0, 0.1) is 29.6 Å². The summed E-state index contributed by atoms with van der Waals surface area (Å²) in [5.74, 6) is 1.47. The van der Waals surface area contributed by atoms with Crippen LogP contribution in [0.15, 0.2) is 52.9 Å². The summed E-state index contributed by atoms with van der Waals surface area (Å²) in [5.41, 5.74) is 3.56. The lowest BCUT2D eigenvalue weighted by atomic mass is 9.70. The zero-order chi connectivity index (χ0) is 34.8. The summed E-state index contributed by atoms with van der Waals surface area (Å²) in [5, 5.41) is 2.86. The van der Waals surface area contributed by atoms with Crippen LogP contribution in [-0.4, -0.2) is 74.9 Å². The second-order valence-corrected chi connectivity index (χ2v) is 16.3. The second kappa shape index (κ2) is 15.6. The van der Waals surface area contributed by atoms with Crippen molar-refractivity contribution in [2.24, 2.45) is 34.0 Å². The summed E-state index contributed by atoms with van der Waals surface area (Å²) in [4.78, 5) is 31.2. The molecular weight excluding hydrogens is 676 g/mol. The average Bonchev–Trinajstić information content (AvgIpc) is 3.07. The summed E-state index contributed by atoms with van der Waals surface area (Å²) in [6, 6.07) is 11.2. The number of urea groups is 1. The molecule has 12 heteroatoms. The first-order valence-electron chi connectivity index (χ1n) is 18.1. The van der Waals surface area contributed by atoms with Crippen molar-refractivity contribution in [1.82, 2.24) is 10.2 Å². The Balaban J connectivity index is 1.23. The van der Waals surface area contributed by atoms with Gasteiger partial charge in [0.05, 0.1) is 31.6 Å². The van der Waals surface area contributed by atoms with E-state index < -0.39 is 21.9 Å².